The Morgan fingerprint density at radius 2 is 1.94 bits per heavy atom. The van der Waals surface area contributed by atoms with E-state index in [1.54, 1.807) is 0 Å². The lowest BCUT2D eigenvalue weighted by atomic mass is 10.0. The van der Waals surface area contributed by atoms with E-state index in [1.807, 2.05) is 0 Å². The molecule has 1 heteroatoms. The maximum Gasteiger partial charge on any atom is 0.0214 e. The summed E-state index contributed by atoms with van der Waals surface area (Å²) < 4.78 is 0. The SMILES string of the molecule is CCC1CC1NCc1cccc2ccccc12. The highest BCUT2D eigenvalue weighted by Crippen LogP contribution is 2.33. The predicted molar refractivity (Wildman–Crippen MR) is 73.0 cm³/mol. The van der Waals surface area contributed by atoms with E-state index in [9.17, 15) is 0 Å². The van der Waals surface area contributed by atoms with Crippen LogP contribution in [0.25, 0.3) is 10.8 Å². The van der Waals surface area contributed by atoms with E-state index in [2.05, 4.69) is 54.7 Å². The smallest absolute Gasteiger partial charge is 0.0214 e. The molecule has 1 aliphatic rings. The summed E-state index contributed by atoms with van der Waals surface area (Å²) >= 11 is 0. The molecule has 0 amide bonds. The molecule has 88 valence electrons. The Hall–Kier alpha value is -1.34. The number of hydrogen-bond acceptors (Lipinski definition) is 1. The first kappa shape index (κ1) is 10.8. The molecule has 17 heavy (non-hydrogen) atoms. The van der Waals surface area contributed by atoms with Gasteiger partial charge in [-0.1, -0.05) is 55.8 Å². The third-order valence-electron chi connectivity index (χ3n) is 3.88. The largest absolute Gasteiger partial charge is 0.310 e. The Balaban J connectivity index is 1.76. The Morgan fingerprint density at radius 1 is 1.12 bits per heavy atom. The average Bonchev–Trinajstić information content (AvgIpc) is 3.15. The van der Waals surface area contributed by atoms with Crippen LogP contribution in [0.4, 0.5) is 0 Å². The first-order valence-electron chi connectivity index (χ1n) is 6.58. The minimum absolute atomic E-state index is 0.763. The zero-order chi connectivity index (χ0) is 11.7. The maximum atomic E-state index is 3.67. The van der Waals surface area contributed by atoms with Gasteiger partial charge in [-0.3, -0.25) is 0 Å². The van der Waals surface area contributed by atoms with Gasteiger partial charge in [-0.2, -0.15) is 0 Å². The molecule has 2 unspecified atom stereocenters. The molecule has 1 aliphatic carbocycles. The van der Waals surface area contributed by atoms with Gasteiger partial charge < -0.3 is 5.32 Å². The van der Waals surface area contributed by atoms with Gasteiger partial charge in [-0.15, -0.1) is 0 Å². The normalized spacial score (nSPS) is 22.9. The van der Waals surface area contributed by atoms with Gasteiger partial charge in [0.15, 0.2) is 0 Å². The van der Waals surface area contributed by atoms with E-state index in [0.29, 0.717) is 0 Å². The van der Waals surface area contributed by atoms with Crippen molar-refractivity contribution in [3.63, 3.8) is 0 Å². The van der Waals surface area contributed by atoms with Crippen molar-refractivity contribution in [2.45, 2.75) is 32.4 Å². The number of fused-ring (bicyclic) bond motifs is 1. The van der Waals surface area contributed by atoms with Crippen LogP contribution >= 0.6 is 0 Å². The molecule has 0 saturated heterocycles. The monoisotopic (exact) mass is 225 g/mol. The van der Waals surface area contributed by atoms with E-state index in [0.717, 1.165) is 18.5 Å². The molecule has 0 spiro atoms. The minimum Gasteiger partial charge on any atom is -0.310 e. The highest BCUT2D eigenvalue weighted by atomic mass is 15.0. The molecule has 1 fully saturated rings. The van der Waals surface area contributed by atoms with Gasteiger partial charge >= 0.3 is 0 Å². The van der Waals surface area contributed by atoms with Crippen LogP contribution in [0.15, 0.2) is 42.5 Å². The topological polar surface area (TPSA) is 12.0 Å². The summed E-state index contributed by atoms with van der Waals surface area (Å²) in [7, 11) is 0. The summed E-state index contributed by atoms with van der Waals surface area (Å²) in [4.78, 5) is 0. The van der Waals surface area contributed by atoms with Crippen LogP contribution in [0, 0.1) is 5.92 Å². The zero-order valence-electron chi connectivity index (χ0n) is 10.3. The lowest BCUT2D eigenvalue weighted by Gasteiger charge is -2.07. The standard InChI is InChI=1S/C16H19N/c1-2-12-10-16(12)17-11-14-8-5-7-13-6-3-4-9-15(13)14/h3-9,12,16-17H,2,10-11H2,1H3. The second-order valence-corrected chi connectivity index (χ2v) is 5.03. The molecule has 0 radical (unpaired) electrons. The molecule has 2 atom stereocenters. The molecule has 2 aromatic carbocycles. The fourth-order valence-electron chi connectivity index (χ4n) is 2.64. The fraction of sp³-hybridized carbons (Fsp3) is 0.375. The van der Waals surface area contributed by atoms with Gasteiger partial charge in [-0.25, -0.2) is 0 Å². The van der Waals surface area contributed by atoms with Gasteiger partial charge in [0.1, 0.15) is 0 Å². The average molecular weight is 225 g/mol. The van der Waals surface area contributed by atoms with Crippen molar-refractivity contribution in [1.29, 1.82) is 0 Å². The molecule has 2 aromatic rings. The van der Waals surface area contributed by atoms with Crippen molar-refractivity contribution in [3.05, 3.63) is 48.0 Å². The Kier molecular flexibility index (Phi) is 2.86. The van der Waals surface area contributed by atoms with Gasteiger partial charge in [0.2, 0.25) is 0 Å². The van der Waals surface area contributed by atoms with Crippen molar-refractivity contribution >= 4 is 10.8 Å². The van der Waals surface area contributed by atoms with E-state index < -0.39 is 0 Å². The van der Waals surface area contributed by atoms with E-state index in [-0.39, 0.29) is 0 Å². The Morgan fingerprint density at radius 3 is 2.76 bits per heavy atom. The molecule has 0 aliphatic heterocycles. The van der Waals surface area contributed by atoms with E-state index in [4.69, 9.17) is 0 Å². The molecule has 0 bridgehead atoms. The quantitative estimate of drug-likeness (QED) is 0.836. The first-order chi connectivity index (χ1) is 8.38. The third kappa shape index (κ3) is 2.20. The highest BCUT2D eigenvalue weighted by Gasteiger charge is 2.34. The second-order valence-electron chi connectivity index (χ2n) is 5.03. The van der Waals surface area contributed by atoms with Crippen LogP contribution in [-0.4, -0.2) is 6.04 Å². The molecule has 1 saturated carbocycles. The lowest BCUT2D eigenvalue weighted by Crippen LogP contribution is -2.17. The summed E-state index contributed by atoms with van der Waals surface area (Å²) in [5.74, 6) is 0.921. The van der Waals surface area contributed by atoms with Crippen LogP contribution in [-0.2, 0) is 6.54 Å². The van der Waals surface area contributed by atoms with Crippen LogP contribution in [0.1, 0.15) is 25.3 Å². The van der Waals surface area contributed by atoms with Crippen molar-refractivity contribution in [2.24, 2.45) is 5.92 Å². The summed E-state index contributed by atoms with van der Waals surface area (Å²) in [6, 6.07) is 16.0. The number of rotatable bonds is 4. The predicted octanol–water partition coefficient (Wildman–Crippen LogP) is 3.73. The number of hydrogen-bond donors (Lipinski definition) is 1. The van der Waals surface area contributed by atoms with Crippen LogP contribution in [0.3, 0.4) is 0 Å². The lowest BCUT2D eigenvalue weighted by molar-refractivity contribution is 0.625. The molecular weight excluding hydrogens is 206 g/mol. The number of nitrogens with one attached hydrogen (secondary N) is 1. The Labute approximate surface area is 103 Å². The van der Waals surface area contributed by atoms with Gasteiger partial charge in [0, 0.05) is 12.6 Å². The van der Waals surface area contributed by atoms with Crippen LogP contribution in [0.2, 0.25) is 0 Å². The summed E-state index contributed by atoms with van der Waals surface area (Å²) in [5, 5.41) is 6.39. The Bertz CT molecular complexity index is 512. The summed E-state index contributed by atoms with van der Waals surface area (Å²) in [6.07, 6.45) is 2.68. The molecule has 1 nitrogen and oxygen atoms in total. The highest BCUT2D eigenvalue weighted by molar-refractivity contribution is 5.85. The number of benzene rings is 2. The third-order valence-corrected chi connectivity index (χ3v) is 3.88. The minimum atomic E-state index is 0.763. The maximum absolute atomic E-state index is 3.67. The van der Waals surface area contributed by atoms with Gasteiger partial charge in [0.25, 0.3) is 0 Å². The summed E-state index contributed by atoms with van der Waals surface area (Å²) in [5.41, 5.74) is 1.42. The van der Waals surface area contributed by atoms with Crippen LogP contribution < -0.4 is 5.32 Å². The molecule has 3 rings (SSSR count). The summed E-state index contributed by atoms with van der Waals surface area (Å²) in [6.45, 7) is 3.28. The van der Waals surface area contributed by atoms with Crippen molar-refractivity contribution in [3.8, 4) is 0 Å². The van der Waals surface area contributed by atoms with Crippen molar-refractivity contribution in [2.75, 3.05) is 0 Å². The van der Waals surface area contributed by atoms with E-state index in [1.165, 1.54) is 29.2 Å². The second kappa shape index (κ2) is 4.50. The van der Waals surface area contributed by atoms with Gasteiger partial charge in [0.05, 0.1) is 0 Å². The van der Waals surface area contributed by atoms with Crippen molar-refractivity contribution in [1.82, 2.24) is 5.32 Å². The van der Waals surface area contributed by atoms with Crippen LogP contribution in [0.5, 0.6) is 0 Å². The molecule has 0 aromatic heterocycles. The fourth-order valence-corrected chi connectivity index (χ4v) is 2.64. The molecule has 0 heterocycles. The van der Waals surface area contributed by atoms with Crippen molar-refractivity contribution < 1.29 is 0 Å². The molecular formula is C16H19N. The van der Waals surface area contributed by atoms with E-state index >= 15 is 0 Å². The van der Waals surface area contributed by atoms with Gasteiger partial charge in [-0.05, 0) is 28.7 Å². The molecule has 1 N–H and O–H groups in total. The zero-order valence-corrected chi connectivity index (χ0v) is 10.3. The first-order valence-corrected chi connectivity index (χ1v) is 6.58.